The van der Waals surface area contributed by atoms with Crippen molar-refractivity contribution in [2.24, 2.45) is 0 Å². The molecule has 0 amide bonds. The van der Waals surface area contributed by atoms with E-state index in [9.17, 15) is 10.2 Å². The van der Waals surface area contributed by atoms with Crippen LogP contribution in [0.1, 0.15) is 25.0 Å². The Morgan fingerprint density at radius 3 is 1.56 bits per heavy atom. The summed E-state index contributed by atoms with van der Waals surface area (Å²) in [5.41, 5.74) is 1.82. The molecule has 0 saturated carbocycles. The summed E-state index contributed by atoms with van der Waals surface area (Å²) < 4.78 is 52.3. The smallest absolute Gasteiger partial charge is 0.203 e. The maximum atomic E-state index is 10.6. The second-order valence-corrected chi connectivity index (χ2v) is 9.42. The molecule has 0 radical (unpaired) electrons. The van der Waals surface area contributed by atoms with E-state index in [0.717, 1.165) is 0 Å². The van der Waals surface area contributed by atoms with E-state index >= 15 is 0 Å². The molecule has 2 N–H and O–H groups in total. The molecule has 214 valence electrons. The van der Waals surface area contributed by atoms with Crippen LogP contribution in [0.15, 0.2) is 30.0 Å². The Bertz CT molecular complexity index is 1110. The molecule has 2 heterocycles. The Labute approximate surface area is 227 Å². The molecule has 4 rings (SSSR count). The lowest BCUT2D eigenvalue weighted by Gasteiger charge is -2.26. The summed E-state index contributed by atoms with van der Waals surface area (Å²) in [7, 11) is 9.16. The monoisotopic (exact) mass is 548 g/mol. The van der Waals surface area contributed by atoms with Gasteiger partial charge in [-0.25, -0.2) is 0 Å². The van der Waals surface area contributed by atoms with E-state index in [4.69, 9.17) is 42.6 Å². The average Bonchev–Trinajstić information content (AvgIpc) is 3.44. The summed E-state index contributed by atoms with van der Waals surface area (Å²) >= 11 is 0. The highest BCUT2D eigenvalue weighted by Gasteiger charge is 2.56. The number of hydrogen-bond donors (Lipinski definition) is 2. The molecule has 2 saturated heterocycles. The first-order valence-electron chi connectivity index (χ1n) is 12.3. The van der Waals surface area contributed by atoms with Crippen molar-refractivity contribution in [2.45, 2.75) is 44.1 Å². The summed E-state index contributed by atoms with van der Waals surface area (Å²) in [5.74, 6) is 1.92. The van der Waals surface area contributed by atoms with Crippen molar-refractivity contribution in [3.63, 3.8) is 0 Å². The Kier molecular flexibility index (Phi) is 8.36. The number of benzene rings is 2. The zero-order valence-corrected chi connectivity index (χ0v) is 23.4. The summed E-state index contributed by atoms with van der Waals surface area (Å²) in [6, 6.07) is 7.12. The van der Waals surface area contributed by atoms with Gasteiger partial charge in [-0.05, 0) is 49.2 Å². The predicted molar refractivity (Wildman–Crippen MR) is 140 cm³/mol. The standard InChI is InChI=1S/C28H36O11/c1-28(2)38-26-22(16(30)13-29)37-25(27(26)39-28)21(14-9-17(31-3)23(35-7)18(10-14)32-4)15-11-19(33-5)24(36-8)20(12-15)34-6/h9-12,16,22,26-27,29-30H,13H2,1-8H3/t16-,22+,26-,27+/m1/s1. The van der Waals surface area contributed by atoms with Gasteiger partial charge in [-0.1, -0.05) is 0 Å². The minimum Gasteiger partial charge on any atom is -0.493 e. The normalized spacial score (nSPS) is 22.0. The van der Waals surface area contributed by atoms with E-state index in [2.05, 4.69) is 0 Å². The minimum atomic E-state index is -1.21. The third-order valence-electron chi connectivity index (χ3n) is 6.69. The van der Waals surface area contributed by atoms with Crippen LogP contribution in [0, 0.1) is 0 Å². The van der Waals surface area contributed by atoms with Crippen molar-refractivity contribution < 1.29 is 52.8 Å². The molecule has 39 heavy (non-hydrogen) atoms. The molecule has 11 nitrogen and oxygen atoms in total. The van der Waals surface area contributed by atoms with Gasteiger partial charge < -0.3 is 52.8 Å². The lowest BCUT2D eigenvalue weighted by molar-refractivity contribution is -0.176. The second-order valence-electron chi connectivity index (χ2n) is 9.42. The lowest BCUT2D eigenvalue weighted by Crippen LogP contribution is -2.40. The van der Waals surface area contributed by atoms with Gasteiger partial charge in [0, 0.05) is 5.57 Å². The first-order chi connectivity index (χ1) is 18.7. The Morgan fingerprint density at radius 2 is 1.21 bits per heavy atom. The maximum Gasteiger partial charge on any atom is 0.203 e. The van der Waals surface area contributed by atoms with Gasteiger partial charge >= 0.3 is 0 Å². The number of aliphatic hydroxyl groups excluding tert-OH is 2. The number of fused-ring (bicyclic) bond motifs is 1. The zero-order valence-electron chi connectivity index (χ0n) is 23.4. The highest BCUT2D eigenvalue weighted by atomic mass is 16.8. The van der Waals surface area contributed by atoms with Crippen LogP contribution in [-0.2, 0) is 14.2 Å². The van der Waals surface area contributed by atoms with Crippen LogP contribution in [0.25, 0.3) is 5.57 Å². The number of aliphatic hydroxyl groups is 2. The zero-order chi connectivity index (χ0) is 28.5. The molecule has 0 unspecified atom stereocenters. The average molecular weight is 549 g/mol. The van der Waals surface area contributed by atoms with Crippen molar-refractivity contribution in [3.05, 3.63) is 41.2 Å². The number of rotatable bonds is 10. The van der Waals surface area contributed by atoms with Gasteiger partial charge in [0.25, 0.3) is 0 Å². The molecule has 4 atom stereocenters. The third-order valence-corrected chi connectivity index (χ3v) is 6.69. The summed E-state index contributed by atoms with van der Waals surface area (Å²) in [6.07, 6.45) is -3.50. The van der Waals surface area contributed by atoms with E-state index in [1.54, 1.807) is 38.1 Å². The predicted octanol–water partition coefficient (Wildman–Crippen LogP) is 2.77. The molecule has 2 aromatic rings. The van der Waals surface area contributed by atoms with Crippen molar-refractivity contribution >= 4 is 5.57 Å². The van der Waals surface area contributed by atoms with Gasteiger partial charge in [0.1, 0.15) is 24.1 Å². The Balaban J connectivity index is 2.06. The highest BCUT2D eigenvalue weighted by Crippen LogP contribution is 2.50. The third kappa shape index (κ3) is 5.14. The van der Waals surface area contributed by atoms with E-state index < -0.39 is 36.8 Å². The molecule has 2 fully saturated rings. The van der Waals surface area contributed by atoms with Crippen LogP contribution >= 0.6 is 0 Å². The number of hydrogen-bond acceptors (Lipinski definition) is 11. The second kappa shape index (κ2) is 11.4. The van der Waals surface area contributed by atoms with Gasteiger partial charge in [0.15, 0.2) is 34.9 Å². The van der Waals surface area contributed by atoms with Crippen LogP contribution in [-0.4, -0.2) is 89.7 Å². The van der Waals surface area contributed by atoms with Crippen LogP contribution in [0.5, 0.6) is 34.5 Å². The maximum absolute atomic E-state index is 10.6. The summed E-state index contributed by atoms with van der Waals surface area (Å²) in [4.78, 5) is 0. The van der Waals surface area contributed by atoms with Crippen molar-refractivity contribution in [1.82, 2.24) is 0 Å². The van der Waals surface area contributed by atoms with E-state index in [0.29, 0.717) is 57.0 Å². The SMILES string of the molecule is COc1cc(C(=C2O[C@@H]([C@H](O)CO)[C@H]3OC(C)(C)O[C@@H]23)c2cc(OC)c(OC)c(OC)c2)cc(OC)c1OC. The van der Waals surface area contributed by atoms with Gasteiger partial charge in [-0.3, -0.25) is 0 Å². The van der Waals surface area contributed by atoms with Crippen LogP contribution in [0.3, 0.4) is 0 Å². The molecule has 2 aliphatic rings. The van der Waals surface area contributed by atoms with Gasteiger partial charge in [-0.2, -0.15) is 0 Å². The van der Waals surface area contributed by atoms with E-state index in [1.165, 1.54) is 42.7 Å². The minimum absolute atomic E-state index is 0.381. The van der Waals surface area contributed by atoms with Crippen molar-refractivity contribution in [1.29, 1.82) is 0 Å². The number of methoxy groups -OCH3 is 6. The molecule has 2 aromatic carbocycles. The first-order valence-corrected chi connectivity index (χ1v) is 12.3. The van der Waals surface area contributed by atoms with Gasteiger partial charge in [0.05, 0.1) is 49.3 Å². The Hall–Kier alpha value is -3.38. The highest BCUT2D eigenvalue weighted by molar-refractivity contribution is 5.86. The fourth-order valence-corrected chi connectivity index (χ4v) is 5.02. The molecule has 0 spiro atoms. The topological polar surface area (TPSA) is 124 Å². The van der Waals surface area contributed by atoms with E-state index in [-0.39, 0.29) is 0 Å². The summed E-state index contributed by atoms with van der Waals surface area (Å²) in [6.45, 7) is 3.04. The van der Waals surface area contributed by atoms with Gasteiger partial charge in [0.2, 0.25) is 11.5 Å². The van der Waals surface area contributed by atoms with Crippen LogP contribution < -0.4 is 28.4 Å². The van der Waals surface area contributed by atoms with Crippen LogP contribution in [0.2, 0.25) is 0 Å². The number of ether oxygens (including phenoxy) is 9. The van der Waals surface area contributed by atoms with E-state index in [1.807, 2.05) is 0 Å². The lowest BCUT2D eigenvalue weighted by atomic mass is 9.93. The molecular weight excluding hydrogens is 512 g/mol. The fraction of sp³-hybridized carbons (Fsp3) is 0.500. The van der Waals surface area contributed by atoms with Gasteiger partial charge in [-0.15, -0.1) is 0 Å². The molecular formula is C28H36O11. The molecule has 0 aromatic heterocycles. The van der Waals surface area contributed by atoms with Crippen molar-refractivity contribution in [2.75, 3.05) is 49.3 Å². The molecule has 11 heteroatoms. The largest absolute Gasteiger partial charge is 0.493 e. The first kappa shape index (κ1) is 28.6. The molecule has 0 aliphatic carbocycles. The molecule has 2 aliphatic heterocycles. The summed E-state index contributed by atoms with van der Waals surface area (Å²) in [5, 5.41) is 20.4. The fourth-order valence-electron chi connectivity index (χ4n) is 5.02. The van der Waals surface area contributed by atoms with Crippen LogP contribution in [0.4, 0.5) is 0 Å². The Morgan fingerprint density at radius 1 is 0.769 bits per heavy atom. The quantitative estimate of drug-likeness (QED) is 0.456. The molecule has 0 bridgehead atoms. The van der Waals surface area contributed by atoms with Crippen molar-refractivity contribution in [3.8, 4) is 34.5 Å².